The Bertz CT molecular complexity index is 646. The largest absolute Gasteiger partial charge is 0.439 e. The molecule has 0 saturated carbocycles. The van der Waals surface area contributed by atoms with Gasteiger partial charge in [-0.2, -0.15) is 4.98 Å². The number of hydrogen-bond acceptors (Lipinski definition) is 6. The average Bonchev–Trinajstić information content (AvgIpc) is 2.47. The molecule has 0 unspecified atom stereocenters. The van der Waals surface area contributed by atoms with Crippen molar-refractivity contribution in [3.8, 4) is 11.6 Å². The lowest BCUT2D eigenvalue weighted by Crippen LogP contribution is -1.98. The Labute approximate surface area is 121 Å². The van der Waals surface area contributed by atoms with Crippen molar-refractivity contribution in [3.63, 3.8) is 0 Å². The van der Waals surface area contributed by atoms with Crippen LogP contribution in [-0.4, -0.2) is 24.1 Å². The number of hydrogen-bond donors (Lipinski definition) is 1. The quantitative estimate of drug-likeness (QED) is 0.650. The molecular formula is C14H15N3O4. The minimum atomic E-state index is -0.489. The van der Waals surface area contributed by atoms with Crippen LogP contribution in [0.15, 0.2) is 36.4 Å². The average molecular weight is 289 g/mol. The fourth-order valence-electron chi connectivity index (χ4n) is 1.76. The summed E-state index contributed by atoms with van der Waals surface area (Å²) >= 11 is 0. The highest BCUT2D eigenvalue weighted by molar-refractivity contribution is 5.48. The number of pyridine rings is 1. The van der Waals surface area contributed by atoms with Gasteiger partial charge in [0, 0.05) is 14.2 Å². The molecule has 0 aliphatic carbocycles. The maximum atomic E-state index is 10.9. The molecule has 1 aromatic carbocycles. The summed E-state index contributed by atoms with van der Waals surface area (Å²) in [5.74, 6) is 1.06. The molecule has 2 aromatic rings. The molecule has 0 saturated heterocycles. The number of benzene rings is 1. The van der Waals surface area contributed by atoms with Crippen LogP contribution < -0.4 is 10.1 Å². The van der Waals surface area contributed by atoms with Gasteiger partial charge in [-0.05, 0) is 17.7 Å². The number of nitro groups is 1. The van der Waals surface area contributed by atoms with Crippen molar-refractivity contribution in [2.45, 2.75) is 6.61 Å². The highest BCUT2D eigenvalue weighted by Crippen LogP contribution is 2.26. The normalized spacial score (nSPS) is 10.2. The van der Waals surface area contributed by atoms with Crippen molar-refractivity contribution in [2.24, 2.45) is 0 Å². The Morgan fingerprint density at radius 1 is 1.33 bits per heavy atom. The second kappa shape index (κ2) is 6.67. The number of nitrogens with zero attached hydrogens (tertiary/aromatic N) is 2. The molecule has 110 valence electrons. The molecule has 1 heterocycles. The Balaban J connectivity index is 2.28. The highest BCUT2D eigenvalue weighted by Gasteiger charge is 2.12. The zero-order valence-electron chi connectivity index (χ0n) is 11.7. The first-order valence-electron chi connectivity index (χ1n) is 6.22. The lowest BCUT2D eigenvalue weighted by atomic mass is 10.2. The summed E-state index contributed by atoms with van der Waals surface area (Å²) < 4.78 is 10.6. The predicted molar refractivity (Wildman–Crippen MR) is 77.7 cm³/mol. The van der Waals surface area contributed by atoms with Crippen molar-refractivity contribution < 1.29 is 14.4 Å². The van der Waals surface area contributed by atoms with E-state index in [2.05, 4.69) is 10.3 Å². The van der Waals surface area contributed by atoms with E-state index in [1.165, 1.54) is 12.1 Å². The summed E-state index contributed by atoms with van der Waals surface area (Å²) in [6.07, 6.45) is 0. The fraction of sp³-hybridized carbons (Fsp3) is 0.214. The maximum absolute atomic E-state index is 10.9. The van der Waals surface area contributed by atoms with E-state index in [-0.39, 0.29) is 11.6 Å². The van der Waals surface area contributed by atoms with Crippen LogP contribution in [0.3, 0.4) is 0 Å². The van der Waals surface area contributed by atoms with Gasteiger partial charge in [0.1, 0.15) is 11.6 Å². The van der Waals surface area contributed by atoms with Gasteiger partial charge < -0.3 is 14.8 Å². The van der Waals surface area contributed by atoms with Gasteiger partial charge in [-0.25, -0.2) is 0 Å². The van der Waals surface area contributed by atoms with Crippen molar-refractivity contribution in [1.82, 2.24) is 4.98 Å². The van der Waals surface area contributed by atoms with Gasteiger partial charge in [-0.15, -0.1) is 0 Å². The summed E-state index contributed by atoms with van der Waals surface area (Å²) in [6, 6.07) is 9.89. The van der Waals surface area contributed by atoms with E-state index in [4.69, 9.17) is 9.47 Å². The summed E-state index contributed by atoms with van der Waals surface area (Å²) in [7, 11) is 3.24. The SMILES string of the molecule is CNc1cc([N+](=O)[O-])cc(Oc2cccc(COC)c2)n1. The van der Waals surface area contributed by atoms with Gasteiger partial charge >= 0.3 is 0 Å². The lowest BCUT2D eigenvalue weighted by molar-refractivity contribution is -0.384. The van der Waals surface area contributed by atoms with E-state index >= 15 is 0 Å². The van der Waals surface area contributed by atoms with Crippen LogP contribution in [0, 0.1) is 10.1 Å². The Morgan fingerprint density at radius 2 is 2.14 bits per heavy atom. The molecule has 21 heavy (non-hydrogen) atoms. The van der Waals surface area contributed by atoms with E-state index in [1.54, 1.807) is 26.3 Å². The third-order valence-electron chi connectivity index (χ3n) is 2.69. The van der Waals surface area contributed by atoms with E-state index in [0.717, 1.165) is 5.56 Å². The van der Waals surface area contributed by atoms with Crippen LogP contribution >= 0.6 is 0 Å². The molecule has 0 bridgehead atoms. The molecular weight excluding hydrogens is 274 g/mol. The first-order chi connectivity index (χ1) is 10.1. The van der Waals surface area contributed by atoms with Crippen molar-refractivity contribution >= 4 is 11.5 Å². The van der Waals surface area contributed by atoms with Crippen LogP contribution in [0.5, 0.6) is 11.6 Å². The standard InChI is InChI=1S/C14H15N3O4/c1-15-13-7-11(17(18)19)8-14(16-13)21-12-5-3-4-10(6-12)9-20-2/h3-8H,9H2,1-2H3,(H,15,16). The maximum Gasteiger partial charge on any atom is 0.278 e. The van der Waals surface area contributed by atoms with Gasteiger partial charge in [0.15, 0.2) is 0 Å². The molecule has 1 N–H and O–H groups in total. The van der Waals surface area contributed by atoms with Gasteiger partial charge in [0.05, 0.1) is 23.7 Å². The first kappa shape index (κ1) is 14.7. The number of anilines is 1. The third kappa shape index (κ3) is 3.90. The number of rotatable bonds is 6. The minimum absolute atomic E-state index is 0.0857. The van der Waals surface area contributed by atoms with Gasteiger partial charge in [0.25, 0.3) is 5.69 Å². The molecule has 2 rings (SSSR count). The Morgan fingerprint density at radius 3 is 2.81 bits per heavy atom. The fourth-order valence-corrected chi connectivity index (χ4v) is 1.76. The summed E-state index contributed by atoms with van der Waals surface area (Å²) in [4.78, 5) is 14.5. The zero-order valence-corrected chi connectivity index (χ0v) is 11.7. The van der Waals surface area contributed by atoms with Gasteiger partial charge in [0.2, 0.25) is 5.88 Å². The molecule has 0 aliphatic heterocycles. The molecule has 1 aromatic heterocycles. The zero-order chi connectivity index (χ0) is 15.2. The van der Waals surface area contributed by atoms with Gasteiger partial charge in [-0.1, -0.05) is 12.1 Å². The topological polar surface area (TPSA) is 86.5 Å². The number of methoxy groups -OCH3 is 1. The molecule has 0 spiro atoms. The van der Waals surface area contributed by atoms with Crippen LogP contribution in [-0.2, 0) is 11.3 Å². The van der Waals surface area contributed by atoms with E-state index < -0.39 is 4.92 Å². The molecule has 0 fully saturated rings. The van der Waals surface area contributed by atoms with Crippen molar-refractivity contribution in [2.75, 3.05) is 19.5 Å². The summed E-state index contributed by atoms with van der Waals surface area (Å²) in [5, 5.41) is 13.7. The lowest BCUT2D eigenvalue weighted by Gasteiger charge is -2.08. The molecule has 0 amide bonds. The van der Waals surface area contributed by atoms with E-state index in [9.17, 15) is 10.1 Å². The number of ether oxygens (including phenoxy) is 2. The molecule has 0 radical (unpaired) electrons. The molecule has 7 heteroatoms. The van der Waals surface area contributed by atoms with Crippen LogP contribution in [0.1, 0.15) is 5.56 Å². The molecule has 0 aliphatic rings. The first-order valence-corrected chi connectivity index (χ1v) is 6.22. The van der Waals surface area contributed by atoms with Crippen LogP contribution in [0.4, 0.5) is 11.5 Å². The van der Waals surface area contributed by atoms with Crippen molar-refractivity contribution in [3.05, 3.63) is 52.1 Å². The summed E-state index contributed by atoms with van der Waals surface area (Å²) in [5.41, 5.74) is 0.853. The number of aromatic nitrogens is 1. The Hall–Kier alpha value is -2.67. The highest BCUT2D eigenvalue weighted by atomic mass is 16.6. The Kier molecular flexibility index (Phi) is 4.68. The molecule has 0 atom stereocenters. The monoisotopic (exact) mass is 289 g/mol. The van der Waals surface area contributed by atoms with E-state index in [0.29, 0.717) is 18.2 Å². The smallest absolute Gasteiger partial charge is 0.278 e. The van der Waals surface area contributed by atoms with Crippen LogP contribution in [0.2, 0.25) is 0 Å². The van der Waals surface area contributed by atoms with Crippen molar-refractivity contribution in [1.29, 1.82) is 0 Å². The second-order valence-electron chi connectivity index (χ2n) is 4.24. The molecule has 7 nitrogen and oxygen atoms in total. The second-order valence-corrected chi connectivity index (χ2v) is 4.24. The van der Waals surface area contributed by atoms with Crippen LogP contribution in [0.25, 0.3) is 0 Å². The minimum Gasteiger partial charge on any atom is -0.439 e. The predicted octanol–water partition coefficient (Wildman–Crippen LogP) is 2.97. The number of nitrogens with one attached hydrogen (secondary N) is 1. The third-order valence-corrected chi connectivity index (χ3v) is 2.69. The summed E-state index contributed by atoms with van der Waals surface area (Å²) in [6.45, 7) is 0.460. The van der Waals surface area contributed by atoms with Gasteiger partial charge in [-0.3, -0.25) is 10.1 Å². The van der Waals surface area contributed by atoms with E-state index in [1.807, 2.05) is 12.1 Å².